The Balaban J connectivity index is 1.72. The molecule has 0 spiro atoms. The fraction of sp³-hybridized carbons (Fsp3) is 0.304. The zero-order valence-corrected chi connectivity index (χ0v) is 18.5. The fourth-order valence-corrected chi connectivity index (χ4v) is 5.14. The molecule has 0 atom stereocenters. The summed E-state index contributed by atoms with van der Waals surface area (Å²) in [6.45, 7) is 2.05. The molecule has 1 saturated carbocycles. The molecule has 1 heterocycles. The van der Waals surface area contributed by atoms with Gasteiger partial charge in [0.05, 0.1) is 20.6 Å². The summed E-state index contributed by atoms with van der Waals surface area (Å²) in [4.78, 5) is 20.7. The summed E-state index contributed by atoms with van der Waals surface area (Å²) in [6, 6.07) is 13.7. The summed E-state index contributed by atoms with van der Waals surface area (Å²) in [5.41, 5.74) is 2.79. The normalized spacial score (nSPS) is 20.8. The van der Waals surface area contributed by atoms with Crippen molar-refractivity contribution in [3.05, 3.63) is 68.5 Å². The van der Waals surface area contributed by atoms with Gasteiger partial charge in [-0.05, 0) is 61.4 Å². The molecule has 0 radical (unpaired) electrons. The number of thioether (sulfide) groups is 1. The Morgan fingerprint density at radius 2 is 1.79 bits per heavy atom. The van der Waals surface area contributed by atoms with Crippen molar-refractivity contribution < 1.29 is 4.79 Å². The van der Waals surface area contributed by atoms with Crippen LogP contribution in [0.3, 0.4) is 0 Å². The van der Waals surface area contributed by atoms with Gasteiger partial charge in [-0.1, -0.05) is 72.3 Å². The molecule has 2 aromatic rings. The van der Waals surface area contributed by atoms with E-state index in [9.17, 15) is 4.79 Å². The summed E-state index contributed by atoms with van der Waals surface area (Å²) in [5.74, 6) is 0.00352. The number of benzene rings is 2. The first kappa shape index (κ1) is 20.5. The fourth-order valence-electron chi connectivity index (χ4n) is 3.73. The molecule has 6 heteroatoms. The molecule has 0 bridgehead atoms. The van der Waals surface area contributed by atoms with Gasteiger partial charge in [-0.3, -0.25) is 9.69 Å². The Morgan fingerprint density at radius 3 is 2.52 bits per heavy atom. The number of amidine groups is 1. The number of halogens is 2. The quantitative estimate of drug-likeness (QED) is 0.467. The van der Waals surface area contributed by atoms with Crippen LogP contribution in [0.25, 0.3) is 6.08 Å². The molecule has 1 aliphatic carbocycles. The number of hydrogen-bond donors (Lipinski definition) is 0. The average molecular weight is 445 g/mol. The minimum atomic E-state index is 0.00352. The van der Waals surface area contributed by atoms with E-state index in [2.05, 4.69) is 6.92 Å². The van der Waals surface area contributed by atoms with Crippen molar-refractivity contribution in [3.63, 3.8) is 0 Å². The Morgan fingerprint density at radius 1 is 1.07 bits per heavy atom. The first-order valence-electron chi connectivity index (χ1n) is 9.85. The number of carbonyl (C=O) groups is 1. The average Bonchev–Trinajstić information content (AvgIpc) is 3.03. The molecule has 3 nitrogen and oxygen atoms in total. The summed E-state index contributed by atoms with van der Waals surface area (Å²) in [7, 11) is 0. The standard InChI is InChI=1S/C23H22Cl2N2OS/c1-15-10-12-17(13-11-15)26-23-27(18-7-3-2-4-8-18)22(28)20(29-23)14-16-6-5-9-19(24)21(16)25/h5-6,9-14,18H,2-4,7-8H2,1H3/b20-14+,26-23?. The van der Waals surface area contributed by atoms with Gasteiger partial charge in [0, 0.05) is 6.04 Å². The van der Waals surface area contributed by atoms with Crippen LogP contribution in [-0.4, -0.2) is 22.0 Å². The van der Waals surface area contributed by atoms with Crippen molar-refractivity contribution in [2.24, 2.45) is 4.99 Å². The predicted molar refractivity (Wildman–Crippen MR) is 124 cm³/mol. The van der Waals surface area contributed by atoms with Crippen molar-refractivity contribution in [2.75, 3.05) is 0 Å². The van der Waals surface area contributed by atoms with E-state index < -0.39 is 0 Å². The topological polar surface area (TPSA) is 32.7 Å². The second-order valence-corrected chi connectivity index (χ2v) is 9.24. The smallest absolute Gasteiger partial charge is 0.267 e. The van der Waals surface area contributed by atoms with Gasteiger partial charge in [0.1, 0.15) is 0 Å². The Bertz CT molecular complexity index is 979. The van der Waals surface area contributed by atoms with Crippen LogP contribution in [0, 0.1) is 6.92 Å². The minimum Gasteiger partial charge on any atom is -0.283 e. The molecule has 2 fully saturated rings. The molecule has 29 heavy (non-hydrogen) atoms. The van der Waals surface area contributed by atoms with Crippen LogP contribution >= 0.6 is 35.0 Å². The van der Waals surface area contributed by atoms with Crippen molar-refractivity contribution in [1.29, 1.82) is 0 Å². The number of aryl methyl sites for hydroxylation is 1. The molecule has 1 aliphatic heterocycles. The number of rotatable bonds is 3. The number of aliphatic imine (C=N–C) groups is 1. The third-order valence-electron chi connectivity index (χ3n) is 5.30. The van der Waals surface area contributed by atoms with E-state index in [1.54, 1.807) is 6.07 Å². The zero-order chi connectivity index (χ0) is 20.4. The van der Waals surface area contributed by atoms with Gasteiger partial charge in [0.2, 0.25) is 0 Å². The third-order valence-corrected chi connectivity index (χ3v) is 7.12. The lowest BCUT2D eigenvalue weighted by Gasteiger charge is -2.30. The first-order chi connectivity index (χ1) is 14.0. The van der Waals surface area contributed by atoms with Crippen molar-refractivity contribution in [1.82, 2.24) is 4.90 Å². The van der Waals surface area contributed by atoms with Gasteiger partial charge in [-0.15, -0.1) is 0 Å². The molecule has 0 N–H and O–H groups in total. The largest absolute Gasteiger partial charge is 0.283 e. The van der Waals surface area contributed by atoms with E-state index >= 15 is 0 Å². The van der Waals surface area contributed by atoms with Crippen molar-refractivity contribution in [3.8, 4) is 0 Å². The summed E-state index contributed by atoms with van der Waals surface area (Å²) in [6.07, 6.45) is 7.40. The van der Waals surface area contributed by atoms with Crippen LogP contribution in [-0.2, 0) is 4.79 Å². The summed E-state index contributed by atoms with van der Waals surface area (Å²) >= 11 is 13.9. The highest BCUT2D eigenvalue weighted by Crippen LogP contribution is 2.39. The van der Waals surface area contributed by atoms with Crippen LogP contribution in [0.2, 0.25) is 10.0 Å². The maximum Gasteiger partial charge on any atom is 0.267 e. The van der Waals surface area contributed by atoms with E-state index in [1.807, 2.05) is 47.4 Å². The van der Waals surface area contributed by atoms with E-state index in [0.29, 0.717) is 15.0 Å². The van der Waals surface area contributed by atoms with Crippen LogP contribution in [0.15, 0.2) is 52.4 Å². The van der Waals surface area contributed by atoms with Gasteiger partial charge in [0.25, 0.3) is 5.91 Å². The second kappa shape index (κ2) is 8.95. The Labute approximate surface area is 185 Å². The Kier molecular flexibility index (Phi) is 6.33. The van der Waals surface area contributed by atoms with Crippen LogP contribution in [0.5, 0.6) is 0 Å². The molecular formula is C23H22Cl2N2OS. The maximum absolute atomic E-state index is 13.3. The molecule has 1 amide bonds. The molecule has 2 aliphatic rings. The second-order valence-electron chi connectivity index (χ2n) is 7.45. The lowest BCUT2D eigenvalue weighted by atomic mass is 9.94. The van der Waals surface area contributed by atoms with Crippen LogP contribution in [0.1, 0.15) is 43.2 Å². The lowest BCUT2D eigenvalue weighted by molar-refractivity contribution is -0.124. The van der Waals surface area contributed by atoms with Gasteiger partial charge >= 0.3 is 0 Å². The predicted octanol–water partition coefficient (Wildman–Crippen LogP) is 7.24. The van der Waals surface area contributed by atoms with Gasteiger partial charge in [-0.25, -0.2) is 4.99 Å². The number of hydrogen-bond acceptors (Lipinski definition) is 3. The van der Waals surface area contributed by atoms with Crippen molar-refractivity contribution in [2.45, 2.75) is 45.1 Å². The summed E-state index contributed by atoms with van der Waals surface area (Å²) in [5, 5.41) is 1.69. The first-order valence-corrected chi connectivity index (χ1v) is 11.4. The monoisotopic (exact) mass is 444 g/mol. The minimum absolute atomic E-state index is 0.00352. The molecule has 4 rings (SSSR count). The molecule has 0 unspecified atom stereocenters. The van der Waals surface area contributed by atoms with E-state index in [-0.39, 0.29) is 11.9 Å². The highest BCUT2D eigenvalue weighted by molar-refractivity contribution is 8.18. The Hall–Kier alpha value is -1.75. The zero-order valence-electron chi connectivity index (χ0n) is 16.2. The number of carbonyl (C=O) groups excluding carboxylic acids is 1. The van der Waals surface area contributed by atoms with Crippen LogP contribution < -0.4 is 0 Å². The number of amides is 1. The summed E-state index contributed by atoms with van der Waals surface area (Å²) < 4.78 is 0. The number of nitrogens with zero attached hydrogens (tertiary/aromatic N) is 2. The van der Waals surface area contributed by atoms with E-state index in [0.717, 1.165) is 42.1 Å². The lowest BCUT2D eigenvalue weighted by Crippen LogP contribution is -2.40. The molecule has 150 valence electrons. The highest BCUT2D eigenvalue weighted by atomic mass is 35.5. The highest BCUT2D eigenvalue weighted by Gasteiger charge is 2.38. The molecule has 0 aromatic heterocycles. The SMILES string of the molecule is Cc1ccc(N=C2S/C(=C/c3cccc(Cl)c3Cl)C(=O)N2C2CCCCC2)cc1. The van der Waals surface area contributed by atoms with Gasteiger partial charge in [0.15, 0.2) is 5.17 Å². The van der Waals surface area contributed by atoms with Crippen LogP contribution in [0.4, 0.5) is 5.69 Å². The third kappa shape index (κ3) is 4.55. The van der Waals surface area contributed by atoms with Crippen molar-refractivity contribution >= 4 is 57.8 Å². The molecular weight excluding hydrogens is 423 g/mol. The van der Waals surface area contributed by atoms with E-state index in [4.69, 9.17) is 28.2 Å². The van der Waals surface area contributed by atoms with Gasteiger partial charge < -0.3 is 0 Å². The molecule has 1 saturated heterocycles. The molecule has 2 aromatic carbocycles. The maximum atomic E-state index is 13.3. The van der Waals surface area contributed by atoms with Gasteiger partial charge in [-0.2, -0.15) is 0 Å². The van der Waals surface area contributed by atoms with E-state index in [1.165, 1.54) is 23.7 Å².